The van der Waals surface area contributed by atoms with E-state index in [4.69, 9.17) is 4.74 Å². The number of rotatable bonds is 7. The van der Waals surface area contributed by atoms with Gasteiger partial charge in [-0.2, -0.15) is 0 Å². The number of nitrogens with one attached hydrogen (secondary N) is 1. The number of carbonyl (C=O) groups is 2. The number of anilines is 1. The van der Waals surface area contributed by atoms with Gasteiger partial charge >= 0.3 is 5.97 Å². The first-order valence-electron chi connectivity index (χ1n) is 14.4. The number of H-pyrrole nitrogens is 1. The monoisotopic (exact) mass is 593 g/mol. The Hall–Kier alpha value is -4.67. The largest absolute Gasteiger partial charge is 0.478 e. The van der Waals surface area contributed by atoms with Crippen LogP contribution >= 0.6 is 11.3 Å². The van der Waals surface area contributed by atoms with Crippen LogP contribution < -0.4 is 9.64 Å². The highest BCUT2D eigenvalue weighted by molar-refractivity contribution is 7.12. The average molecular weight is 594 g/mol. The number of aromatic nitrogens is 2. The van der Waals surface area contributed by atoms with Crippen molar-refractivity contribution in [2.75, 3.05) is 37.6 Å². The van der Waals surface area contributed by atoms with E-state index in [1.807, 2.05) is 41.8 Å². The second-order valence-electron chi connectivity index (χ2n) is 11.0. The molecule has 2 N–H and O–H groups in total. The molecule has 1 fully saturated rings. The first kappa shape index (κ1) is 27.2. The fourth-order valence-electron chi connectivity index (χ4n) is 6.09. The maximum atomic E-state index is 13.5. The number of benzene rings is 2. The maximum Gasteiger partial charge on any atom is 0.339 e. The van der Waals surface area contributed by atoms with E-state index < -0.39 is 5.97 Å². The van der Waals surface area contributed by atoms with E-state index in [1.54, 1.807) is 24.5 Å². The molecule has 1 amide bonds. The molecule has 2 aliphatic rings. The van der Waals surface area contributed by atoms with Crippen LogP contribution in [0, 0.1) is 0 Å². The Morgan fingerprint density at radius 1 is 1.00 bits per heavy atom. The Kier molecular flexibility index (Phi) is 7.30. The molecule has 5 heterocycles. The first-order chi connectivity index (χ1) is 21.0. The Morgan fingerprint density at radius 2 is 1.84 bits per heavy atom. The molecular weight excluding hydrogens is 562 g/mol. The predicted molar refractivity (Wildman–Crippen MR) is 166 cm³/mol. The van der Waals surface area contributed by atoms with Gasteiger partial charge in [-0.25, -0.2) is 9.78 Å². The van der Waals surface area contributed by atoms with Crippen molar-refractivity contribution in [1.82, 2.24) is 19.8 Å². The molecule has 9 nitrogen and oxygen atoms in total. The minimum atomic E-state index is -1.04. The van der Waals surface area contributed by atoms with E-state index in [-0.39, 0.29) is 23.3 Å². The van der Waals surface area contributed by atoms with E-state index >= 15 is 0 Å². The van der Waals surface area contributed by atoms with Crippen molar-refractivity contribution in [3.8, 4) is 11.5 Å². The highest BCUT2D eigenvalue weighted by atomic mass is 32.1. The summed E-state index contributed by atoms with van der Waals surface area (Å²) in [5, 5.41) is 12.7. The summed E-state index contributed by atoms with van der Waals surface area (Å²) < 4.78 is 6.06. The van der Waals surface area contributed by atoms with E-state index in [1.165, 1.54) is 22.5 Å². The first-order valence-corrected chi connectivity index (χ1v) is 15.3. The molecule has 0 unspecified atom stereocenters. The second-order valence-corrected chi connectivity index (χ2v) is 11.9. The minimum absolute atomic E-state index is 0.0943. The molecular formula is C33H31N5O4S. The summed E-state index contributed by atoms with van der Waals surface area (Å²) in [7, 11) is 0. The Labute approximate surface area is 253 Å². The van der Waals surface area contributed by atoms with E-state index in [9.17, 15) is 14.7 Å². The number of hydrogen-bond acceptors (Lipinski definition) is 7. The highest BCUT2D eigenvalue weighted by Crippen LogP contribution is 2.32. The summed E-state index contributed by atoms with van der Waals surface area (Å²) in [6, 6.07) is 21.4. The van der Waals surface area contributed by atoms with Crippen LogP contribution in [0.25, 0.3) is 11.0 Å². The molecule has 218 valence electrons. The standard InChI is InChI=1S/C33H31N5O4S/c39-32(30-6-3-15-43-30)38-20-24-5-2-1-4-22(24)16-26(38)21-36-11-13-37(14-12-36)25-7-8-28(33(40)41)29(18-25)42-27-17-23-9-10-34-31(23)35-19-27/h1-10,15,17-19,26H,11-14,16,20-21H2,(H,34,35)(H,40,41)/t26-/m0/s1. The zero-order valence-corrected chi connectivity index (χ0v) is 24.3. The van der Waals surface area contributed by atoms with Crippen molar-refractivity contribution in [3.63, 3.8) is 0 Å². The van der Waals surface area contributed by atoms with Gasteiger partial charge in [-0.15, -0.1) is 11.3 Å². The number of aromatic carboxylic acids is 1. The zero-order valence-electron chi connectivity index (χ0n) is 23.5. The number of hydrogen-bond donors (Lipinski definition) is 2. The number of nitrogens with zero attached hydrogens (tertiary/aromatic N) is 4. The SMILES string of the molecule is O=C(O)c1ccc(N2CCN(C[C@@H]3Cc4ccccc4CN3C(=O)c3cccs3)CC2)cc1Oc1cnc2[nH]ccc2c1. The normalized spacial score (nSPS) is 17.2. The smallest absolute Gasteiger partial charge is 0.339 e. The van der Waals surface area contributed by atoms with Crippen LogP contribution in [0.15, 0.2) is 84.5 Å². The van der Waals surface area contributed by atoms with Crippen LogP contribution in [-0.2, 0) is 13.0 Å². The third-order valence-corrected chi connectivity index (χ3v) is 9.21. The number of piperazine rings is 1. The van der Waals surface area contributed by atoms with Crippen molar-refractivity contribution in [2.45, 2.75) is 19.0 Å². The molecule has 43 heavy (non-hydrogen) atoms. The number of amides is 1. The highest BCUT2D eigenvalue weighted by Gasteiger charge is 2.33. The predicted octanol–water partition coefficient (Wildman–Crippen LogP) is 5.50. The molecule has 1 saturated heterocycles. The molecule has 5 aromatic rings. The molecule has 0 spiro atoms. The number of pyridine rings is 1. The summed E-state index contributed by atoms with van der Waals surface area (Å²) in [4.78, 5) is 40.4. The number of aromatic amines is 1. The summed E-state index contributed by atoms with van der Waals surface area (Å²) in [5.74, 6) is -0.178. The molecule has 1 atom stereocenters. The van der Waals surface area contributed by atoms with Gasteiger partial charge < -0.3 is 24.6 Å². The Balaban J connectivity index is 1.05. The average Bonchev–Trinajstić information content (AvgIpc) is 3.73. The molecule has 2 aromatic carbocycles. The fraction of sp³-hybridized carbons (Fsp3) is 0.242. The zero-order chi connectivity index (χ0) is 29.3. The molecule has 10 heteroatoms. The number of fused-ring (bicyclic) bond motifs is 2. The lowest BCUT2D eigenvalue weighted by Gasteiger charge is -2.42. The van der Waals surface area contributed by atoms with Crippen molar-refractivity contribution in [1.29, 1.82) is 0 Å². The van der Waals surface area contributed by atoms with E-state index in [0.717, 1.165) is 60.7 Å². The molecule has 0 bridgehead atoms. The van der Waals surface area contributed by atoms with Crippen LogP contribution in [0.2, 0.25) is 0 Å². The molecule has 2 aliphatic heterocycles. The van der Waals surface area contributed by atoms with Crippen LogP contribution in [0.5, 0.6) is 11.5 Å². The number of carbonyl (C=O) groups excluding carboxylic acids is 1. The van der Waals surface area contributed by atoms with Gasteiger partial charge in [-0.05, 0) is 53.3 Å². The Morgan fingerprint density at radius 3 is 2.63 bits per heavy atom. The van der Waals surface area contributed by atoms with Crippen molar-refractivity contribution < 1.29 is 19.4 Å². The Bertz CT molecular complexity index is 1780. The van der Waals surface area contributed by atoms with E-state index in [2.05, 4.69) is 42.9 Å². The summed E-state index contributed by atoms with van der Waals surface area (Å²) in [6.45, 7) is 4.67. The fourth-order valence-corrected chi connectivity index (χ4v) is 6.77. The number of ether oxygens (including phenoxy) is 1. The maximum absolute atomic E-state index is 13.5. The third kappa shape index (κ3) is 5.59. The quantitative estimate of drug-likeness (QED) is 0.257. The third-order valence-electron chi connectivity index (χ3n) is 8.35. The molecule has 0 radical (unpaired) electrons. The van der Waals surface area contributed by atoms with Gasteiger partial charge in [0.15, 0.2) is 0 Å². The molecule has 3 aromatic heterocycles. The van der Waals surface area contributed by atoms with Crippen molar-refractivity contribution in [2.24, 2.45) is 0 Å². The van der Waals surface area contributed by atoms with Gasteiger partial charge in [0.05, 0.1) is 11.1 Å². The van der Waals surface area contributed by atoms with Gasteiger partial charge in [0, 0.05) is 68.6 Å². The molecule has 0 saturated carbocycles. The van der Waals surface area contributed by atoms with Crippen LogP contribution in [-0.4, -0.2) is 75.5 Å². The van der Waals surface area contributed by atoms with Crippen LogP contribution in [0.3, 0.4) is 0 Å². The van der Waals surface area contributed by atoms with Gasteiger partial charge in [0.1, 0.15) is 22.7 Å². The number of carboxylic acids is 1. The summed E-state index contributed by atoms with van der Waals surface area (Å²) >= 11 is 1.49. The number of thiophene rings is 1. The minimum Gasteiger partial charge on any atom is -0.478 e. The van der Waals surface area contributed by atoms with E-state index in [0.29, 0.717) is 12.3 Å². The number of carboxylic acid groups (broad SMARTS) is 1. The lowest BCUT2D eigenvalue weighted by molar-refractivity contribution is 0.0580. The lowest BCUT2D eigenvalue weighted by atomic mass is 9.93. The van der Waals surface area contributed by atoms with Gasteiger partial charge in [0.2, 0.25) is 0 Å². The molecule has 0 aliphatic carbocycles. The van der Waals surface area contributed by atoms with Crippen LogP contribution in [0.1, 0.15) is 31.2 Å². The van der Waals surface area contributed by atoms with Gasteiger partial charge in [0.25, 0.3) is 5.91 Å². The second kappa shape index (κ2) is 11.5. The topological polar surface area (TPSA) is 102 Å². The summed E-state index contributed by atoms with van der Waals surface area (Å²) in [6.07, 6.45) is 4.23. The lowest BCUT2D eigenvalue weighted by Crippen LogP contribution is -2.54. The molecule has 7 rings (SSSR count). The van der Waals surface area contributed by atoms with Crippen LogP contribution in [0.4, 0.5) is 5.69 Å². The van der Waals surface area contributed by atoms with Gasteiger partial charge in [-0.3, -0.25) is 9.69 Å². The summed E-state index contributed by atoms with van der Waals surface area (Å²) in [5.41, 5.74) is 4.30. The van der Waals surface area contributed by atoms with Crippen molar-refractivity contribution in [3.05, 3.63) is 106 Å². The van der Waals surface area contributed by atoms with Crippen molar-refractivity contribution >= 4 is 39.9 Å². The van der Waals surface area contributed by atoms with Gasteiger partial charge in [-0.1, -0.05) is 30.3 Å².